The Labute approximate surface area is 167 Å². The minimum Gasteiger partial charge on any atom is -0.312 e. The van der Waals surface area contributed by atoms with Crippen LogP contribution in [-0.4, -0.2) is 28.8 Å². The highest BCUT2D eigenvalue weighted by Crippen LogP contribution is 2.36. The smallest absolute Gasteiger partial charge is 0.312 e. The molecule has 0 unspecified atom stereocenters. The number of nitrogens with one attached hydrogen (secondary N) is 2. The molecular formula is C18H13ClF3N3O2S. The van der Waals surface area contributed by atoms with Crippen LogP contribution in [0.15, 0.2) is 59.6 Å². The number of amides is 2. The molecule has 1 heterocycles. The standard InChI is InChI=1S/C18H13ClF3N3O2S/c19-13-8-4-7-12(9-13)14(26)24-17(18(20,21)22)15(27)23-16(25-17)28-10-11-5-2-1-3-6-11/h1-9H,10H2,(H,24,26)(H,23,25,27)/t17-/m0/s1. The molecule has 1 aliphatic rings. The third-order valence-electron chi connectivity index (χ3n) is 3.83. The molecule has 5 nitrogen and oxygen atoms in total. The second kappa shape index (κ2) is 7.84. The number of thioether (sulfide) groups is 1. The molecule has 1 aliphatic heterocycles. The van der Waals surface area contributed by atoms with Crippen molar-refractivity contribution in [3.63, 3.8) is 0 Å². The second-order valence-electron chi connectivity index (χ2n) is 5.82. The summed E-state index contributed by atoms with van der Waals surface area (Å²) in [5.74, 6) is -2.28. The fourth-order valence-corrected chi connectivity index (χ4v) is 3.48. The predicted molar refractivity (Wildman–Crippen MR) is 101 cm³/mol. The summed E-state index contributed by atoms with van der Waals surface area (Å²) in [7, 11) is 0. The van der Waals surface area contributed by atoms with Crippen LogP contribution in [0.5, 0.6) is 0 Å². The molecule has 0 fully saturated rings. The molecule has 0 saturated carbocycles. The van der Waals surface area contributed by atoms with Crippen molar-refractivity contribution in [1.82, 2.24) is 10.6 Å². The zero-order chi connectivity index (χ0) is 20.4. The lowest BCUT2D eigenvalue weighted by Crippen LogP contribution is -2.63. The molecule has 3 rings (SSSR count). The van der Waals surface area contributed by atoms with Gasteiger partial charge < -0.3 is 10.6 Å². The summed E-state index contributed by atoms with van der Waals surface area (Å²) in [4.78, 5) is 28.0. The first-order valence-electron chi connectivity index (χ1n) is 7.94. The van der Waals surface area contributed by atoms with Gasteiger partial charge in [0, 0.05) is 16.3 Å². The van der Waals surface area contributed by atoms with E-state index in [-0.39, 0.29) is 15.8 Å². The van der Waals surface area contributed by atoms with Gasteiger partial charge in [0.1, 0.15) is 0 Å². The summed E-state index contributed by atoms with van der Waals surface area (Å²) >= 11 is 6.70. The number of nitrogens with zero attached hydrogens (tertiary/aromatic N) is 1. The average molecular weight is 428 g/mol. The molecule has 0 bridgehead atoms. The number of carbonyl (C=O) groups excluding carboxylic acids is 2. The fraction of sp³-hybridized carbons (Fsp3) is 0.167. The summed E-state index contributed by atoms with van der Waals surface area (Å²) in [6, 6.07) is 14.3. The number of carbonyl (C=O) groups is 2. The van der Waals surface area contributed by atoms with E-state index in [9.17, 15) is 22.8 Å². The lowest BCUT2D eigenvalue weighted by atomic mass is 10.1. The van der Waals surface area contributed by atoms with E-state index in [2.05, 4.69) is 10.3 Å². The lowest BCUT2D eigenvalue weighted by molar-refractivity contribution is -0.192. The number of rotatable bonds is 4. The number of amidine groups is 1. The van der Waals surface area contributed by atoms with Crippen LogP contribution in [0.1, 0.15) is 15.9 Å². The van der Waals surface area contributed by atoms with Crippen molar-refractivity contribution in [2.24, 2.45) is 4.99 Å². The highest BCUT2D eigenvalue weighted by atomic mass is 35.5. The van der Waals surface area contributed by atoms with Gasteiger partial charge in [0.15, 0.2) is 5.17 Å². The lowest BCUT2D eigenvalue weighted by Gasteiger charge is -2.27. The molecule has 2 N–H and O–H groups in total. The Morgan fingerprint density at radius 2 is 1.89 bits per heavy atom. The topological polar surface area (TPSA) is 70.6 Å². The van der Waals surface area contributed by atoms with Gasteiger partial charge in [0.25, 0.3) is 11.8 Å². The van der Waals surface area contributed by atoms with Crippen molar-refractivity contribution in [3.8, 4) is 0 Å². The highest BCUT2D eigenvalue weighted by molar-refractivity contribution is 8.13. The van der Waals surface area contributed by atoms with Crippen LogP contribution in [0.25, 0.3) is 0 Å². The fourth-order valence-electron chi connectivity index (χ4n) is 2.43. The van der Waals surface area contributed by atoms with Crippen LogP contribution in [0.2, 0.25) is 5.02 Å². The number of aliphatic imine (C=N–C) groups is 1. The van der Waals surface area contributed by atoms with Crippen LogP contribution in [0.3, 0.4) is 0 Å². The Morgan fingerprint density at radius 1 is 1.18 bits per heavy atom. The number of hydrogen-bond acceptors (Lipinski definition) is 4. The van der Waals surface area contributed by atoms with E-state index in [1.54, 1.807) is 29.6 Å². The number of benzene rings is 2. The quantitative estimate of drug-likeness (QED) is 0.780. The number of hydrogen-bond donors (Lipinski definition) is 2. The zero-order valence-corrected chi connectivity index (χ0v) is 15.7. The highest BCUT2D eigenvalue weighted by Gasteiger charge is 2.65. The molecule has 0 radical (unpaired) electrons. The molecule has 2 aromatic rings. The first-order valence-corrected chi connectivity index (χ1v) is 9.30. The molecule has 0 saturated heterocycles. The summed E-state index contributed by atoms with van der Waals surface area (Å²) < 4.78 is 41.2. The first kappa shape index (κ1) is 20.2. The van der Waals surface area contributed by atoms with E-state index in [0.717, 1.165) is 17.3 Å². The molecule has 1 atom stereocenters. The zero-order valence-electron chi connectivity index (χ0n) is 14.1. The van der Waals surface area contributed by atoms with E-state index >= 15 is 0 Å². The van der Waals surface area contributed by atoms with Gasteiger partial charge in [-0.2, -0.15) is 13.2 Å². The van der Waals surface area contributed by atoms with E-state index in [4.69, 9.17) is 11.6 Å². The largest absolute Gasteiger partial charge is 0.442 e. The molecule has 0 spiro atoms. The van der Waals surface area contributed by atoms with Gasteiger partial charge in [-0.3, -0.25) is 9.59 Å². The molecule has 2 aromatic carbocycles. The first-order chi connectivity index (χ1) is 13.2. The van der Waals surface area contributed by atoms with E-state index in [1.165, 1.54) is 24.3 Å². The van der Waals surface area contributed by atoms with Gasteiger partial charge in [-0.05, 0) is 23.8 Å². The van der Waals surface area contributed by atoms with Crippen LogP contribution >= 0.6 is 23.4 Å². The molecule has 0 aliphatic carbocycles. The maximum absolute atomic E-state index is 13.7. The van der Waals surface area contributed by atoms with Crippen molar-refractivity contribution in [1.29, 1.82) is 0 Å². The van der Waals surface area contributed by atoms with Gasteiger partial charge in [0.2, 0.25) is 0 Å². The summed E-state index contributed by atoms with van der Waals surface area (Å²) in [6.45, 7) is 0. The molecule has 146 valence electrons. The SMILES string of the molecule is O=C(N[C@]1(C(F)(F)F)N=C(SCc2ccccc2)NC1=O)c1cccc(Cl)c1. The van der Waals surface area contributed by atoms with Crippen LogP contribution in [-0.2, 0) is 10.5 Å². The van der Waals surface area contributed by atoms with E-state index < -0.39 is 23.7 Å². The Balaban J connectivity index is 1.85. The Kier molecular flexibility index (Phi) is 5.66. The molecule has 0 aromatic heterocycles. The summed E-state index contributed by atoms with van der Waals surface area (Å²) in [5.41, 5.74) is -2.67. The number of halogens is 4. The summed E-state index contributed by atoms with van der Waals surface area (Å²) in [6.07, 6.45) is -5.14. The minimum absolute atomic E-state index is 0.121. The Morgan fingerprint density at radius 3 is 2.54 bits per heavy atom. The third kappa shape index (κ3) is 4.15. The van der Waals surface area contributed by atoms with Crippen LogP contribution < -0.4 is 10.6 Å². The third-order valence-corrected chi connectivity index (χ3v) is 5.01. The second-order valence-corrected chi connectivity index (χ2v) is 7.22. The molecule has 2 amide bonds. The van der Waals surface area contributed by atoms with Crippen molar-refractivity contribution >= 4 is 40.3 Å². The van der Waals surface area contributed by atoms with Gasteiger partial charge >= 0.3 is 11.8 Å². The normalized spacial score (nSPS) is 19.1. The minimum atomic E-state index is -5.14. The Bertz CT molecular complexity index is 937. The van der Waals surface area contributed by atoms with Crippen molar-refractivity contribution < 1.29 is 22.8 Å². The van der Waals surface area contributed by atoms with E-state index in [1.807, 2.05) is 6.07 Å². The van der Waals surface area contributed by atoms with Crippen molar-refractivity contribution in [3.05, 3.63) is 70.7 Å². The van der Waals surface area contributed by atoms with Crippen LogP contribution in [0.4, 0.5) is 13.2 Å². The molecule has 10 heteroatoms. The predicted octanol–water partition coefficient (Wildman–Crippen LogP) is 3.75. The van der Waals surface area contributed by atoms with E-state index in [0.29, 0.717) is 5.75 Å². The van der Waals surface area contributed by atoms with Crippen molar-refractivity contribution in [2.45, 2.75) is 17.6 Å². The average Bonchev–Trinajstić information content (AvgIpc) is 2.97. The maximum atomic E-state index is 13.7. The van der Waals surface area contributed by atoms with Gasteiger partial charge in [-0.25, -0.2) is 4.99 Å². The number of alkyl halides is 3. The molecular weight excluding hydrogens is 415 g/mol. The Hall–Kier alpha value is -2.52. The maximum Gasteiger partial charge on any atom is 0.442 e. The summed E-state index contributed by atoms with van der Waals surface area (Å²) in [5, 5.41) is 3.77. The molecule has 28 heavy (non-hydrogen) atoms. The van der Waals surface area contributed by atoms with Crippen molar-refractivity contribution in [2.75, 3.05) is 0 Å². The van der Waals surface area contributed by atoms with Gasteiger partial charge in [-0.1, -0.05) is 59.8 Å². The van der Waals surface area contributed by atoms with Gasteiger partial charge in [-0.15, -0.1) is 0 Å². The monoisotopic (exact) mass is 427 g/mol. The van der Waals surface area contributed by atoms with Crippen LogP contribution in [0, 0.1) is 0 Å². The van der Waals surface area contributed by atoms with Gasteiger partial charge in [0.05, 0.1) is 0 Å².